The van der Waals surface area contributed by atoms with Crippen LogP contribution in [-0.2, 0) is 9.53 Å². The van der Waals surface area contributed by atoms with Gasteiger partial charge in [-0.15, -0.1) is 24.8 Å². The van der Waals surface area contributed by atoms with Crippen molar-refractivity contribution in [2.45, 2.75) is 52.0 Å². The largest absolute Gasteiger partial charge is 0.384 e. The van der Waals surface area contributed by atoms with Gasteiger partial charge in [0, 0.05) is 19.1 Å². The van der Waals surface area contributed by atoms with Crippen molar-refractivity contribution >= 4 is 30.7 Å². The highest BCUT2D eigenvalue weighted by Gasteiger charge is 2.35. The van der Waals surface area contributed by atoms with E-state index in [0.29, 0.717) is 5.92 Å². The second-order valence-electron chi connectivity index (χ2n) is 7.69. The summed E-state index contributed by atoms with van der Waals surface area (Å²) in [7, 11) is 1.76. The Hall–Kier alpha value is -0.0700. The molecular formula is C18H37Cl2N3O2. The van der Waals surface area contributed by atoms with Crippen molar-refractivity contribution in [1.29, 1.82) is 0 Å². The Morgan fingerprint density at radius 1 is 1.16 bits per heavy atom. The minimum absolute atomic E-state index is 0. The van der Waals surface area contributed by atoms with Crippen molar-refractivity contribution in [2.24, 2.45) is 11.3 Å². The van der Waals surface area contributed by atoms with Gasteiger partial charge >= 0.3 is 0 Å². The summed E-state index contributed by atoms with van der Waals surface area (Å²) in [5.41, 5.74) is 0.0963. The highest BCUT2D eigenvalue weighted by atomic mass is 35.5. The number of hydrogen-bond acceptors (Lipinski definition) is 4. The quantitative estimate of drug-likeness (QED) is 0.692. The first-order chi connectivity index (χ1) is 11.1. The maximum Gasteiger partial charge on any atom is 0.237 e. The summed E-state index contributed by atoms with van der Waals surface area (Å²) >= 11 is 0. The average molecular weight is 398 g/mol. The summed E-state index contributed by atoms with van der Waals surface area (Å²) in [6, 6.07) is 0.0108. The summed E-state index contributed by atoms with van der Waals surface area (Å²) in [5, 5.41) is 6.67. The number of amides is 1. The minimum Gasteiger partial charge on any atom is -0.384 e. The predicted octanol–water partition coefficient (Wildman–Crippen LogP) is 2.47. The van der Waals surface area contributed by atoms with Crippen molar-refractivity contribution < 1.29 is 9.53 Å². The summed E-state index contributed by atoms with van der Waals surface area (Å²) in [6.45, 7) is 9.93. The first kappa shape index (κ1) is 24.9. The molecule has 0 radical (unpaired) electrons. The second-order valence-corrected chi connectivity index (χ2v) is 7.69. The van der Waals surface area contributed by atoms with Crippen molar-refractivity contribution in [3.05, 3.63) is 0 Å². The zero-order valence-electron chi connectivity index (χ0n) is 16.0. The van der Waals surface area contributed by atoms with E-state index in [1.165, 1.54) is 19.3 Å². The first-order valence-electron chi connectivity index (χ1n) is 9.29. The van der Waals surface area contributed by atoms with Crippen LogP contribution in [0, 0.1) is 11.3 Å². The maximum atomic E-state index is 12.9. The summed E-state index contributed by atoms with van der Waals surface area (Å²) in [4.78, 5) is 15.2. The number of carbonyl (C=O) groups is 1. The van der Waals surface area contributed by atoms with Crippen LogP contribution in [0.15, 0.2) is 0 Å². The molecule has 2 saturated heterocycles. The molecule has 2 rings (SSSR count). The lowest BCUT2D eigenvalue weighted by atomic mass is 9.79. The van der Waals surface area contributed by atoms with E-state index in [2.05, 4.69) is 29.4 Å². The maximum absolute atomic E-state index is 12.9. The Morgan fingerprint density at radius 3 is 2.28 bits per heavy atom. The fraction of sp³-hybridized carbons (Fsp3) is 0.944. The van der Waals surface area contributed by atoms with E-state index in [0.717, 1.165) is 52.2 Å². The van der Waals surface area contributed by atoms with Crippen LogP contribution < -0.4 is 10.6 Å². The number of nitrogens with one attached hydrogen (secondary N) is 2. The second kappa shape index (κ2) is 12.3. The van der Waals surface area contributed by atoms with E-state index in [4.69, 9.17) is 4.74 Å². The van der Waals surface area contributed by atoms with E-state index >= 15 is 0 Å². The lowest BCUT2D eigenvalue weighted by molar-refractivity contribution is -0.129. The smallest absolute Gasteiger partial charge is 0.237 e. The third-order valence-corrected chi connectivity index (χ3v) is 5.44. The van der Waals surface area contributed by atoms with E-state index in [1.807, 2.05) is 0 Å². The molecule has 1 atom stereocenters. The Kier molecular flexibility index (Phi) is 12.3. The molecule has 2 aliphatic heterocycles. The molecule has 0 spiro atoms. The fourth-order valence-corrected chi connectivity index (χ4v) is 4.10. The molecule has 150 valence electrons. The van der Waals surface area contributed by atoms with Crippen molar-refractivity contribution in [1.82, 2.24) is 15.5 Å². The molecule has 7 heteroatoms. The van der Waals surface area contributed by atoms with Gasteiger partial charge in [0.1, 0.15) is 0 Å². The van der Waals surface area contributed by atoms with Gasteiger partial charge < -0.3 is 15.4 Å². The molecule has 0 aromatic rings. The highest BCUT2D eigenvalue weighted by Crippen LogP contribution is 2.28. The van der Waals surface area contributed by atoms with E-state index < -0.39 is 0 Å². The van der Waals surface area contributed by atoms with E-state index in [1.54, 1.807) is 7.11 Å². The van der Waals surface area contributed by atoms with Crippen molar-refractivity contribution in [3.63, 3.8) is 0 Å². The van der Waals surface area contributed by atoms with Gasteiger partial charge in [0.05, 0.1) is 12.6 Å². The molecule has 2 N–H and O–H groups in total. The molecule has 0 saturated carbocycles. The van der Waals surface area contributed by atoms with Gasteiger partial charge in [0.25, 0.3) is 0 Å². The van der Waals surface area contributed by atoms with Gasteiger partial charge in [-0.2, -0.15) is 0 Å². The lowest BCUT2D eigenvalue weighted by Crippen LogP contribution is -2.54. The Labute approximate surface area is 165 Å². The molecule has 2 fully saturated rings. The molecule has 0 aromatic carbocycles. The Morgan fingerprint density at radius 2 is 1.76 bits per heavy atom. The van der Waals surface area contributed by atoms with Gasteiger partial charge in [-0.25, -0.2) is 0 Å². The fourth-order valence-electron chi connectivity index (χ4n) is 4.10. The number of halogens is 2. The normalized spacial score (nSPS) is 21.8. The molecule has 5 nitrogen and oxygen atoms in total. The first-order valence-corrected chi connectivity index (χ1v) is 9.29. The predicted molar refractivity (Wildman–Crippen MR) is 108 cm³/mol. The molecule has 2 aliphatic rings. The Balaban J connectivity index is 0.00000288. The Bertz CT molecular complexity index is 366. The molecule has 25 heavy (non-hydrogen) atoms. The van der Waals surface area contributed by atoms with Crippen LogP contribution in [0.3, 0.4) is 0 Å². The van der Waals surface area contributed by atoms with Crippen LogP contribution in [-0.4, -0.2) is 63.3 Å². The summed E-state index contributed by atoms with van der Waals surface area (Å²) < 4.78 is 5.45. The number of hydrogen-bond donors (Lipinski definition) is 2. The highest BCUT2D eigenvalue weighted by molar-refractivity contribution is 5.85. The SMILES string of the molecule is COCC1(CNC(=O)C(C(C)C)N2CCCCC2)CCNCC1.Cl.Cl. The standard InChI is InChI=1S/C18H35N3O2.2ClH/c1-15(2)16(21-11-5-4-6-12-21)17(22)20-13-18(14-23-3)7-9-19-10-8-18;;/h15-16,19H,4-14H2,1-3H3,(H,20,22);2*1H. The molecule has 1 amide bonds. The van der Waals surface area contributed by atoms with Gasteiger partial charge in [-0.3, -0.25) is 9.69 Å². The average Bonchev–Trinajstić information content (AvgIpc) is 2.55. The number of nitrogens with zero attached hydrogens (tertiary/aromatic N) is 1. The summed E-state index contributed by atoms with van der Waals surface area (Å²) in [5.74, 6) is 0.551. The molecule has 1 unspecified atom stereocenters. The number of piperidine rings is 2. The molecule has 0 aromatic heterocycles. The van der Waals surface area contributed by atoms with Gasteiger partial charge in [0.15, 0.2) is 0 Å². The topological polar surface area (TPSA) is 53.6 Å². The molecular weight excluding hydrogens is 361 g/mol. The number of rotatable bonds is 7. The van der Waals surface area contributed by atoms with Crippen LogP contribution >= 0.6 is 24.8 Å². The van der Waals surface area contributed by atoms with E-state index in [9.17, 15) is 4.79 Å². The zero-order valence-corrected chi connectivity index (χ0v) is 17.6. The van der Waals surface area contributed by atoms with Crippen molar-refractivity contribution in [3.8, 4) is 0 Å². The van der Waals surface area contributed by atoms with Crippen LogP contribution in [0.5, 0.6) is 0 Å². The third-order valence-electron chi connectivity index (χ3n) is 5.44. The van der Waals surface area contributed by atoms with Crippen LogP contribution in [0.4, 0.5) is 0 Å². The number of likely N-dealkylation sites (tertiary alicyclic amines) is 1. The van der Waals surface area contributed by atoms with E-state index in [-0.39, 0.29) is 42.2 Å². The monoisotopic (exact) mass is 397 g/mol. The molecule has 0 aliphatic carbocycles. The summed E-state index contributed by atoms with van der Waals surface area (Å²) in [6.07, 6.45) is 5.87. The van der Waals surface area contributed by atoms with Crippen LogP contribution in [0.1, 0.15) is 46.0 Å². The van der Waals surface area contributed by atoms with Gasteiger partial charge in [0.2, 0.25) is 5.91 Å². The number of methoxy groups -OCH3 is 1. The lowest BCUT2D eigenvalue weighted by Gasteiger charge is -2.39. The van der Waals surface area contributed by atoms with Gasteiger partial charge in [-0.05, 0) is 57.8 Å². The van der Waals surface area contributed by atoms with Crippen LogP contribution in [0.25, 0.3) is 0 Å². The number of ether oxygens (including phenoxy) is 1. The third kappa shape index (κ3) is 7.22. The van der Waals surface area contributed by atoms with Crippen molar-refractivity contribution in [2.75, 3.05) is 46.4 Å². The van der Waals surface area contributed by atoms with Crippen LogP contribution in [0.2, 0.25) is 0 Å². The minimum atomic E-state index is 0. The zero-order chi connectivity index (χ0) is 16.7. The van der Waals surface area contributed by atoms with Gasteiger partial charge in [-0.1, -0.05) is 20.3 Å². The molecule has 2 heterocycles. The molecule has 0 bridgehead atoms. The number of carbonyl (C=O) groups excluding carboxylic acids is 1.